The fourth-order valence-electron chi connectivity index (χ4n) is 3.42. The molecule has 6 nitrogen and oxygen atoms in total. The molecule has 1 aromatic heterocycles. The van der Waals surface area contributed by atoms with Crippen LogP contribution >= 0.6 is 0 Å². The Morgan fingerprint density at radius 2 is 2.10 bits per heavy atom. The molecule has 2 fully saturated rings. The van der Waals surface area contributed by atoms with Gasteiger partial charge in [-0.2, -0.15) is 0 Å². The molecular formula is C15H25N5O. The molecule has 0 bridgehead atoms. The zero-order chi connectivity index (χ0) is 14.8. The highest BCUT2D eigenvalue weighted by Crippen LogP contribution is 2.28. The zero-order valence-electron chi connectivity index (χ0n) is 13.0. The van der Waals surface area contributed by atoms with Gasteiger partial charge in [0, 0.05) is 25.0 Å². The van der Waals surface area contributed by atoms with Crippen LogP contribution in [0.25, 0.3) is 0 Å². The van der Waals surface area contributed by atoms with Crippen molar-refractivity contribution in [3.8, 4) is 0 Å². The van der Waals surface area contributed by atoms with E-state index in [1.807, 2.05) is 11.2 Å². The molecule has 1 unspecified atom stereocenters. The number of nitrogens with zero attached hydrogens (tertiary/aromatic N) is 4. The van der Waals surface area contributed by atoms with Crippen LogP contribution in [0.15, 0.2) is 6.33 Å². The smallest absolute Gasteiger partial charge is 0.239 e. The van der Waals surface area contributed by atoms with Crippen molar-refractivity contribution >= 4 is 5.91 Å². The van der Waals surface area contributed by atoms with Crippen molar-refractivity contribution in [3.05, 3.63) is 12.2 Å². The summed E-state index contributed by atoms with van der Waals surface area (Å²) in [4.78, 5) is 14.4. The van der Waals surface area contributed by atoms with Gasteiger partial charge >= 0.3 is 0 Å². The van der Waals surface area contributed by atoms with Gasteiger partial charge in [0.05, 0.1) is 6.04 Å². The third-order valence-corrected chi connectivity index (χ3v) is 4.69. The third kappa shape index (κ3) is 2.95. The van der Waals surface area contributed by atoms with Gasteiger partial charge in [0.15, 0.2) is 0 Å². The lowest BCUT2D eigenvalue weighted by atomic mass is 9.95. The zero-order valence-corrected chi connectivity index (χ0v) is 13.0. The van der Waals surface area contributed by atoms with Gasteiger partial charge in [0.1, 0.15) is 12.2 Å². The number of rotatable bonds is 3. The van der Waals surface area contributed by atoms with E-state index in [9.17, 15) is 4.79 Å². The van der Waals surface area contributed by atoms with E-state index in [2.05, 4.69) is 33.9 Å². The predicted octanol–water partition coefficient (Wildman–Crippen LogP) is 1.32. The van der Waals surface area contributed by atoms with Gasteiger partial charge in [-0.3, -0.25) is 4.79 Å². The van der Waals surface area contributed by atoms with Crippen LogP contribution in [0.4, 0.5) is 0 Å². The number of carbonyl (C=O) groups is 1. The highest BCUT2D eigenvalue weighted by atomic mass is 16.2. The Labute approximate surface area is 125 Å². The van der Waals surface area contributed by atoms with E-state index in [-0.39, 0.29) is 11.9 Å². The summed E-state index contributed by atoms with van der Waals surface area (Å²) in [6, 6.07) is 0.443. The number of nitrogens with one attached hydrogen (secondary N) is 1. The van der Waals surface area contributed by atoms with Crippen molar-refractivity contribution in [3.63, 3.8) is 0 Å². The minimum Gasteiger partial charge on any atom is -0.341 e. The molecule has 3 rings (SSSR count). The van der Waals surface area contributed by atoms with Crippen molar-refractivity contribution < 1.29 is 4.79 Å². The second-order valence-electron chi connectivity index (χ2n) is 6.44. The minimum absolute atomic E-state index is 0.0564. The standard InChI is InChI=1S/C15H25N5O/c1-11(2)20-10-17-18-14(20)12-5-8-19(9-6-12)15(21)13-4-3-7-16-13/h10-13,16H,3-9H2,1-2H3. The monoisotopic (exact) mass is 291 g/mol. The van der Waals surface area contributed by atoms with Gasteiger partial charge in [-0.25, -0.2) is 0 Å². The van der Waals surface area contributed by atoms with Gasteiger partial charge in [-0.1, -0.05) is 0 Å². The Bertz CT molecular complexity index is 484. The van der Waals surface area contributed by atoms with E-state index in [0.29, 0.717) is 12.0 Å². The Balaban J connectivity index is 1.59. The highest BCUT2D eigenvalue weighted by molar-refractivity contribution is 5.82. The highest BCUT2D eigenvalue weighted by Gasteiger charge is 2.31. The van der Waals surface area contributed by atoms with Gasteiger partial charge in [0.2, 0.25) is 5.91 Å². The molecule has 0 aromatic carbocycles. The summed E-state index contributed by atoms with van der Waals surface area (Å²) in [7, 11) is 0. The van der Waals surface area contributed by atoms with Crippen molar-refractivity contribution in [2.75, 3.05) is 19.6 Å². The molecule has 1 amide bonds. The lowest BCUT2D eigenvalue weighted by molar-refractivity contribution is -0.134. The topological polar surface area (TPSA) is 63.1 Å². The first kappa shape index (κ1) is 14.5. The predicted molar refractivity (Wildman–Crippen MR) is 80.0 cm³/mol. The number of carbonyl (C=O) groups excluding carboxylic acids is 1. The Morgan fingerprint density at radius 1 is 1.33 bits per heavy atom. The number of hydrogen-bond acceptors (Lipinski definition) is 4. The number of hydrogen-bond donors (Lipinski definition) is 1. The first-order valence-corrected chi connectivity index (χ1v) is 8.08. The van der Waals surface area contributed by atoms with Crippen molar-refractivity contribution in [1.29, 1.82) is 0 Å². The molecule has 0 radical (unpaired) electrons. The summed E-state index contributed by atoms with van der Waals surface area (Å²) in [6.07, 6.45) is 5.90. The third-order valence-electron chi connectivity index (χ3n) is 4.69. The molecule has 116 valence electrons. The molecule has 1 atom stereocenters. The van der Waals surface area contributed by atoms with Gasteiger partial charge in [-0.15, -0.1) is 10.2 Å². The summed E-state index contributed by atoms with van der Waals surface area (Å²) >= 11 is 0. The van der Waals surface area contributed by atoms with Crippen LogP contribution < -0.4 is 5.32 Å². The molecule has 0 aliphatic carbocycles. The molecule has 2 saturated heterocycles. The molecule has 21 heavy (non-hydrogen) atoms. The van der Waals surface area contributed by atoms with E-state index >= 15 is 0 Å². The fourth-order valence-corrected chi connectivity index (χ4v) is 3.42. The van der Waals surface area contributed by atoms with Crippen molar-refractivity contribution in [2.24, 2.45) is 0 Å². The second-order valence-corrected chi connectivity index (χ2v) is 6.44. The average molecular weight is 291 g/mol. The summed E-state index contributed by atoms with van der Waals surface area (Å²) in [6.45, 7) is 6.96. The van der Waals surface area contributed by atoms with Crippen LogP contribution in [0, 0.1) is 0 Å². The molecule has 1 aromatic rings. The van der Waals surface area contributed by atoms with Gasteiger partial charge < -0.3 is 14.8 Å². The van der Waals surface area contributed by atoms with Crippen LogP contribution in [0.2, 0.25) is 0 Å². The van der Waals surface area contributed by atoms with Crippen molar-refractivity contribution in [2.45, 2.75) is 57.5 Å². The summed E-state index contributed by atoms with van der Waals surface area (Å²) in [5.41, 5.74) is 0. The SMILES string of the molecule is CC(C)n1cnnc1C1CCN(C(=O)C2CCCN2)CC1. The Hall–Kier alpha value is -1.43. The Morgan fingerprint density at radius 3 is 2.71 bits per heavy atom. The Kier molecular flexibility index (Phi) is 4.24. The lowest BCUT2D eigenvalue weighted by Crippen LogP contribution is -2.46. The first-order valence-electron chi connectivity index (χ1n) is 8.08. The summed E-state index contributed by atoms with van der Waals surface area (Å²) in [5.74, 6) is 1.79. The minimum atomic E-state index is 0.0564. The van der Waals surface area contributed by atoms with Crippen LogP contribution in [0.1, 0.15) is 57.3 Å². The maximum absolute atomic E-state index is 12.4. The van der Waals surface area contributed by atoms with E-state index in [1.54, 1.807) is 0 Å². The van der Waals surface area contributed by atoms with E-state index in [1.165, 1.54) is 0 Å². The number of aromatic nitrogens is 3. The van der Waals surface area contributed by atoms with Crippen LogP contribution in [0.3, 0.4) is 0 Å². The summed E-state index contributed by atoms with van der Waals surface area (Å²) in [5, 5.41) is 11.7. The maximum atomic E-state index is 12.4. The largest absolute Gasteiger partial charge is 0.341 e. The molecule has 3 heterocycles. The lowest BCUT2D eigenvalue weighted by Gasteiger charge is -2.33. The van der Waals surface area contributed by atoms with E-state index < -0.39 is 0 Å². The van der Waals surface area contributed by atoms with Gasteiger partial charge in [0.25, 0.3) is 0 Å². The van der Waals surface area contributed by atoms with E-state index in [0.717, 1.165) is 51.1 Å². The van der Waals surface area contributed by atoms with Crippen LogP contribution in [0.5, 0.6) is 0 Å². The molecule has 2 aliphatic heterocycles. The number of likely N-dealkylation sites (tertiary alicyclic amines) is 1. The molecule has 2 aliphatic rings. The quantitative estimate of drug-likeness (QED) is 0.912. The normalized spacial score (nSPS) is 24.0. The molecule has 0 spiro atoms. The summed E-state index contributed by atoms with van der Waals surface area (Å²) < 4.78 is 2.15. The van der Waals surface area contributed by atoms with Crippen molar-refractivity contribution in [1.82, 2.24) is 25.0 Å². The first-order chi connectivity index (χ1) is 10.2. The molecule has 0 saturated carbocycles. The second kappa shape index (κ2) is 6.13. The molecular weight excluding hydrogens is 266 g/mol. The van der Waals surface area contributed by atoms with Crippen LogP contribution in [-0.4, -0.2) is 51.2 Å². The van der Waals surface area contributed by atoms with Crippen LogP contribution in [-0.2, 0) is 4.79 Å². The number of amides is 1. The molecule has 6 heteroatoms. The maximum Gasteiger partial charge on any atom is 0.239 e. The van der Waals surface area contributed by atoms with E-state index in [4.69, 9.17) is 0 Å². The molecule has 1 N–H and O–H groups in total. The average Bonchev–Trinajstić information content (AvgIpc) is 3.18. The number of piperidine rings is 1. The van der Waals surface area contributed by atoms with Gasteiger partial charge in [-0.05, 0) is 46.1 Å². The fraction of sp³-hybridized carbons (Fsp3) is 0.800.